The Kier molecular flexibility index (Phi) is 5.63. The van der Waals surface area contributed by atoms with E-state index >= 15 is 0 Å². The molecular formula is C12H21NO3Si. The number of hydrogen-bond acceptors (Lipinski definition) is 4. The molecule has 5 heteroatoms. The molecule has 1 aromatic carbocycles. The van der Waals surface area contributed by atoms with Crippen molar-refractivity contribution in [1.82, 2.24) is 0 Å². The first-order valence-electron chi connectivity index (χ1n) is 5.72. The van der Waals surface area contributed by atoms with E-state index in [-0.39, 0.29) is 0 Å². The molecule has 0 aliphatic carbocycles. The van der Waals surface area contributed by atoms with Gasteiger partial charge in [0.25, 0.3) is 0 Å². The van der Waals surface area contributed by atoms with E-state index in [9.17, 15) is 0 Å². The largest absolute Gasteiger partial charge is 0.630 e. The topological polar surface area (TPSA) is 39.7 Å². The molecule has 1 rings (SSSR count). The Labute approximate surface area is 104 Å². The fourth-order valence-electron chi connectivity index (χ4n) is 1.67. The molecular weight excluding hydrogens is 234 g/mol. The molecule has 0 atom stereocenters. The molecule has 0 amide bonds. The van der Waals surface area contributed by atoms with Crippen LogP contribution in [0.15, 0.2) is 24.3 Å². The summed E-state index contributed by atoms with van der Waals surface area (Å²) in [4.78, 5) is 3.21. The Morgan fingerprint density at radius 1 is 1.12 bits per heavy atom. The second kappa shape index (κ2) is 6.76. The van der Waals surface area contributed by atoms with Gasteiger partial charge < -0.3 is 18.3 Å². The summed E-state index contributed by atoms with van der Waals surface area (Å²) >= 11 is 0. The molecule has 0 aromatic heterocycles. The van der Waals surface area contributed by atoms with Gasteiger partial charge in [-0.3, -0.25) is 0 Å². The van der Waals surface area contributed by atoms with Crippen LogP contribution in [0.2, 0.25) is 0 Å². The summed E-state index contributed by atoms with van der Waals surface area (Å²) in [6.45, 7) is 2.17. The molecule has 17 heavy (non-hydrogen) atoms. The van der Waals surface area contributed by atoms with Crippen LogP contribution >= 0.6 is 0 Å². The maximum absolute atomic E-state index is 5.32. The summed E-state index contributed by atoms with van der Waals surface area (Å²) in [5, 5.41) is 0. The SMILES string of the molecule is CCCc1cccc(N[Si](OC)(OC)OC)c1. The number of hydrogen-bond donors (Lipinski definition) is 1. The maximum Gasteiger partial charge on any atom is 0.630 e. The van der Waals surface area contributed by atoms with Gasteiger partial charge in [0.15, 0.2) is 0 Å². The van der Waals surface area contributed by atoms with E-state index in [0.29, 0.717) is 0 Å². The maximum atomic E-state index is 5.32. The number of benzene rings is 1. The zero-order valence-electron chi connectivity index (χ0n) is 10.9. The van der Waals surface area contributed by atoms with E-state index in [4.69, 9.17) is 13.3 Å². The van der Waals surface area contributed by atoms with Gasteiger partial charge in [-0.15, -0.1) is 0 Å². The van der Waals surface area contributed by atoms with Gasteiger partial charge in [0.2, 0.25) is 0 Å². The van der Waals surface area contributed by atoms with Crippen LogP contribution in [0.25, 0.3) is 0 Å². The van der Waals surface area contributed by atoms with E-state index in [1.807, 2.05) is 12.1 Å². The number of anilines is 1. The predicted octanol–water partition coefficient (Wildman–Crippen LogP) is 2.43. The third kappa shape index (κ3) is 3.81. The van der Waals surface area contributed by atoms with Gasteiger partial charge in [0.05, 0.1) is 0 Å². The molecule has 0 bridgehead atoms. The summed E-state index contributed by atoms with van der Waals surface area (Å²) in [6, 6.07) is 8.22. The molecule has 0 fully saturated rings. The van der Waals surface area contributed by atoms with Crippen molar-refractivity contribution in [2.45, 2.75) is 19.8 Å². The van der Waals surface area contributed by atoms with Crippen LogP contribution in [-0.4, -0.2) is 30.3 Å². The van der Waals surface area contributed by atoms with Crippen molar-refractivity contribution < 1.29 is 13.3 Å². The smallest absolute Gasteiger partial charge is 0.360 e. The van der Waals surface area contributed by atoms with E-state index in [0.717, 1.165) is 18.5 Å². The van der Waals surface area contributed by atoms with E-state index < -0.39 is 8.97 Å². The molecule has 0 aliphatic rings. The summed E-state index contributed by atoms with van der Waals surface area (Å²) in [6.07, 6.45) is 2.20. The first kappa shape index (κ1) is 14.2. The lowest BCUT2D eigenvalue weighted by molar-refractivity contribution is 0.132. The van der Waals surface area contributed by atoms with Crippen molar-refractivity contribution in [1.29, 1.82) is 0 Å². The average molecular weight is 255 g/mol. The van der Waals surface area contributed by atoms with Gasteiger partial charge in [-0.2, -0.15) is 0 Å². The first-order chi connectivity index (χ1) is 8.19. The van der Waals surface area contributed by atoms with Gasteiger partial charge in [0.1, 0.15) is 0 Å². The molecule has 96 valence electrons. The summed E-state index contributed by atoms with van der Waals surface area (Å²) in [5.41, 5.74) is 2.26. The monoisotopic (exact) mass is 255 g/mol. The molecule has 0 spiro atoms. The minimum atomic E-state index is -2.75. The van der Waals surface area contributed by atoms with Crippen LogP contribution in [0.1, 0.15) is 18.9 Å². The number of nitrogens with one attached hydrogen (secondary N) is 1. The zero-order valence-corrected chi connectivity index (χ0v) is 11.9. The van der Waals surface area contributed by atoms with Gasteiger partial charge in [0, 0.05) is 27.0 Å². The quantitative estimate of drug-likeness (QED) is 0.760. The average Bonchev–Trinajstić information content (AvgIpc) is 2.37. The second-order valence-corrected chi connectivity index (χ2v) is 6.33. The lowest BCUT2D eigenvalue weighted by Crippen LogP contribution is -2.51. The predicted molar refractivity (Wildman–Crippen MR) is 70.8 cm³/mol. The van der Waals surface area contributed by atoms with Crippen LogP contribution in [0.3, 0.4) is 0 Å². The number of rotatable bonds is 7. The Hall–Kier alpha value is -0.883. The summed E-state index contributed by atoms with van der Waals surface area (Å²) < 4.78 is 16.0. The van der Waals surface area contributed by atoms with Crippen LogP contribution in [0, 0.1) is 0 Å². The van der Waals surface area contributed by atoms with Crippen LogP contribution in [0.4, 0.5) is 5.69 Å². The zero-order chi connectivity index (χ0) is 12.7. The highest BCUT2D eigenvalue weighted by molar-refractivity contribution is 6.64. The summed E-state index contributed by atoms with van der Waals surface area (Å²) in [7, 11) is 2.00. The van der Waals surface area contributed by atoms with E-state index in [1.165, 1.54) is 5.56 Å². The van der Waals surface area contributed by atoms with E-state index in [2.05, 4.69) is 24.0 Å². The highest BCUT2D eigenvalue weighted by Crippen LogP contribution is 2.16. The first-order valence-corrected chi connectivity index (χ1v) is 7.44. The molecule has 1 N–H and O–H groups in total. The van der Waals surface area contributed by atoms with Gasteiger partial charge in [-0.05, 0) is 24.1 Å². The van der Waals surface area contributed by atoms with Crippen LogP contribution in [-0.2, 0) is 19.7 Å². The highest BCUT2D eigenvalue weighted by atomic mass is 28.4. The minimum Gasteiger partial charge on any atom is -0.360 e. The van der Waals surface area contributed by atoms with E-state index in [1.54, 1.807) is 21.3 Å². The van der Waals surface area contributed by atoms with Crippen LogP contribution in [0.5, 0.6) is 0 Å². The molecule has 0 unspecified atom stereocenters. The molecule has 4 nitrogen and oxygen atoms in total. The van der Waals surface area contributed by atoms with Crippen molar-refractivity contribution >= 4 is 14.7 Å². The van der Waals surface area contributed by atoms with Crippen molar-refractivity contribution in [2.24, 2.45) is 0 Å². The summed E-state index contributed by atoms with van der Waals surface area (Å²) in [5.74, 6) is 0. The molecule has 0 radical (unpaired) electrons. The van der Waals surface area contributed by atoms with Crippen LogP contribution < -0.4 is 4.98 Å². The van der Waals surface area contributed by atoms with Gasteiger partial charge in [-0.25, -0.2) is 0 Å². The highest BCUT2D eigenvalue weighted by Gasteiger charge is 2.39. The lowest BCUT2D eigenvalue weighted by Gasteiger charge is -2.25. The Morgan fingerprint density at radius 3 is 2.29 bits per heavy atom. The normalized spacial score (nSPS) is 11.5. The number of aryl methyl sites for hydroxylation is 1. The fourth-order valence-corrected chi connectivity index (χ4v) is 2.99. The third-order valence-electron chi connectivity index (χ3n) is 2.57. The van der Waals surface area contributed by atoms with Crippen molar-refractivity contribution in [2.75, 3.05) is 26.3 Å². The molecule has 0 saturated carbocycles. The molecule has 0 heterocycles. The molecule has 0 aliphatic heterocycles. The standard InChI is InChI=1S/C12H21NO3Si/c1-5-7-11-8-6-9-12(10-11)13-17(14-2,15-3)16-4/h6,8-10,13H,5,7H2,1-4H3. The Bertz CT molecular complexity index is 334. The second-order valence-electron chi connectivity index (χ2n) is 3.74. The molecule has 0 saturated heterocycles. The van der Waals surface area contributed by atoms with Gasteiger partial charge in [-0.1, -0.05) is 25.5 Å². The van der Waals surface area contributed by atoms with Gasteiger partial charge >= 0.3 is 8.97 Å². The minimum absolute atomic E-state index is 0.966. The third-order valence-corrected chi connectivity index (χ3v) is 4.78. The van der Waals surface area contributed by atoms with Crippen molar-refractivity contribution in [3.05, 3.63) is 29.8 Å². The Balaban J connectivity index is 2.82. The lowest BCUT2D eigenvalue weighted by atomic mass is 10.1. The Morgan fingerprint density at radius 2 is 1.76 bits per heavy atom. The fraction of sp³-hybridized carbons (Fsp3) is 0.500. The van der Waals surface area contributed by atoms with Crippen molar-refractivity contribution in [3.63, 3.8) is 0 Å². The van der Waals surface area contributed by atoms with Crippen molar-refractivity contribution in [3.8, 4) is 0 Å². The molecule has 1 aromatic rings.